The summed E-state index contributed by atoms with van der Waals surface area (Å²) < 4.78 is 58.2. The maximum Gasteiger partial charge on any atom is 0.419 e. The van der Waals surface area contributed by atoms with Gasteiger partial charge in [-0.2, -0.15) is 13.2 Å². The molecule has 10 heteroatoms. The molecule has 33 heavy (non-hydrogen) atoms. The van der Waals surface area contributed by atoms with Gasteiger partial charge < -0.3 is 10.4 Å². The van der Waals surface area contributed by atoms with Crippen LogP contribution in [0.25, 0.3) is 0 Å². The van der Waals surface area contributed by atoms with Crippen LogP contribution in [-0.2, 0) is 4.57 Å². The van der Waals surface area contributed by atoms with E-state index >= 15 is 0 Å². The summed E-state index contributed by atoms with van der Waals surface area (Å²) in [5.41, 5.74) is 0. The van der Waals surface area contributed by atoms with Gasteiger partial charge in [0.05, 0.1) is 19.0 Å². The molecule has 0 aromatic rings. The van der Waals surface area contributed by atoms with Crippen LogP contribution in [0, 0.1) is 0 Å². The van der Waals surface area contributed by atoms with Crippen LogP contribution in [0.4, 0.5) is 13.2 Å². The van der Waals surface area contributed by atoms with Gasteiger partial charge in [0.2, 0.25) is 0 Å². The normalized spacial score (nSPS) is 23.0. The second-order valence-corrected chi connectivity index (χ2v) is 12.4. The molecule has 3 aliphatic rings. The Morgan fingerprint density at radius 1 is 0.818 bits per heavy atom. The zero-order valence-corrected chi connectivity index (χ0v) is 21.5. The fourth-order valence-corrected chi connectivity index (χ4v) is 7.73. The van der Waals surface area contributed by atoms with Gasteiger partial charge >= 0.3 is 13.8 Å². The highest BCUT2D eigenvalue weighted by molar-refractivity contribution is 7.57. The molecule has 0 spiro atoms. The molecule has 0 saturated heterocycles. The van der Waals surface area contributed by atoms with Gasteiger partial charge in [-0.05, 0) is 65.5 Å². The lowest BCUT2D eigenvalue weighted by atomic mass is 9.96. The fraction of sp³-hybridized carbons (Fsp3) is 0.957. The van der Waals surface area contributed by atoms with Gasteiger partial charge in [0.1, 0.15) is 0 Å². The summed E-state index contributed by atoms with van der Waals surface area (Å²) in [5.74, 6) is -2.25. The van der Waals surface area contributed by atoms with E-state index in [1.165, 1.54) is 41.4 Å². The summed E-state index contributed by atoms with van der Waals surface area (Å²) in [6.07, 6.45) is 11.3. The van der Waals surface area contributed by atoms with Gasteiger partial charge in [-0.3, -0.25) is 4.57 Å². The van der Waals surface area contributed by atoms with Crippen molar-refractivity contribution in [1.82, 2.24) is 9.34 Å². The number of hydrogen-bond donors (Lipinski definition) is 1. The van der Waals surface area contributed by atoms with E-state index in [0.717, 1.165) is 70.3 Å². The molecule has 0 radical (unpaired) electrons. The van der Waals surface area contributed by atoms with Crippen LogP contribution < -0.4 is 10.4 Å². The molecular formula is C23H44F3N4O2P. The SMILES string of the molecule is CN(C1CCCCC1)P(=O)(/N=C(\[O-])C(F)(F)F)N(C)C1CCCCC1.C[NH2+]C1CCCCC1. The summed E-state index contributed by atoms with van der Waals surface area (Å²) in [5, 5.41) is 13.9. The lowest BCUT2D eigenvalue weighted by molar-refractivity contribution is -0.666. The molecule has 3 aliphatic carbocycles. The van der Waals surface area contributed by atoms with Crippen LogP contribution in [0.1, 0.15) is 96.3 Å². The lowest BCUT2D eigenvalue weighted by Crippen LogP contribution is -2.86. The molecule has 194 valence electrons. The van der Waals surface area contributed by atoms with Gasteiger partial charge in [0, 0.05) is 12.1 Å². The third-order valence-electron chi connectivity index (χ3n) is 7.61. The summed E-state index contributed by atoms with van der Waals surface area (Å²) >= 11 is 0. The zero-order valence-electron chi connectivity index (χ0n) is 20.7. The minimum Gasteiger partial charge on any atom is -0.855 e. The van der Waals surface area contributed by atoms with Crippen LogP contribution in [0.3, 0.4) is 0 Å². The molecule has 0 amide bonds. The predicted octanol–water partition coefficient (Wildman–Crippen LogP) is 4.46. The molecule has 0 aromatic carbocycles. The Kier molecular flexibility index (Phi) is 11.7. The Bertz CT molecular complexity index is 616. The standard InChI is InChI=1S/C16H29F3N3O2P.C7H15N/c1-21(13-9-5-3-6-10-13)25(24,20-15(23)16(17,18)19)22(2)14-11-7-4-8-12-14;1-8-7-5-3-2-4-6-7/h13-14H,3-12H2,1-2H3,(H,20,23,24);7-8H,2-6H2,1H3. The first-order valence-electron chi connectivity index (χ1n) is 12.8. The molecular weight excluding hydrogens is 452 g/mol. The molecule has 3 rings (SSSR count). The molecule has 2 N–H and O–H groups in total. The van der Waals surface area contributed by atoms with E-state index in [4.69, 9.17) is 0 Å². The maximum atomic E-state index is 13.6. The quantitative estimate of drug-likeness (QED) is 0.335. The fourth-order valence-electron chi connectivity index (χ4n) is 5.34. The molecule has 0 aromatic heterocycles. The largest absolute Gasteiger partial charge is 0.855 e. The minimum atomic E-state index is -5.10. The van der Waals surface area contributed by atoms with E-state index < -0.39 is 19.7 Å². The van der Waals surface area contributed by atoms with Crippen LogP contribution in [0.15, 0.2) is 4.76 Å². The number of nitrogens with two attached hydrogens (primary N) is 1. The first-order valence-corrected chi connectivity index (χ1v) is 14.4. The molecule has 0 heterocycles. The first kappa shape index (κ1) is 28.6. The van der Waals surface area contributed by atoms with Crippen LogP contribution in [0.2, 0.25) is 0 Å². The highest BCUT2D eigenvalue weighted by Gasteiger charge is 2.42. The van der Waals surface area contributed by atoms with Crippen molar-refractivity contribution in [2.24, 2.45) is 4.76 Å². The van der Waals surface area contributed by atoms with E-state index in [1.807, 2.05) is 0 Å². The number of rotatable bonds is 6. The molecule has 3 saturated carbocycles. The zero-order chi connectivity index (χ0) is 24.5. The third-order valence-corrected chi connectivity index (χ3v) is 10.4. The average molecular weight is 497 g/mol. The summed E-state index contributed by atoms with van der Waals surface area (Å²) in [6, 6.07) is 0.759. The van der Waals surface area contributed by atoms with Crippen LogP contribution >= 0.6 is 7.59 Å². The number of halogens is 3. The van der Waals surface area contributed by atoms with Crippen LogP contribution in [-0.4, -0.2) is 60.7 Å². The van der Waals surface area contributed by atoms with Gasteiger partial charge in [0.15, 0.2) is 0 Å². The van der Waals surface area contributed by atoms with Crippen molar-refractivity contribution in [1.29, 1.82) is 0 Å². The Balaban J connectivity index is 0.000000405. The minimum absolute atomic E-state index is 0.101. The Labute approximate surface area is 197 Å². The second kappa shape index (κ2) is 13.5. The van der Waals surface area contributed by atoms with Gasteiger partial charge in [-0.1, -0.05) is 44.9 Å². The van der Waals surface area contributed by atoms with E-state index in [0.29, 0.717) is 0 Å². The van der Waals surface area contributed by atoms with Crippen molar-refractivity contribution >= 4 is 13.5 Å². The highest BCUT2D eigenvalue weighted by atomic mass is 31.2. The Hall–Kier alpha value is -0.630. The van der Waals surface area contributed by atoms with Gasteiger partial charge in [-0.15, -0.1) is 0 Å². The van der Waals surface area contributed by atoms with Crippen molar-refractivity contribution in [3.63, 3.8) is 0 Å². The maximum absolute atomic E-state index is 13.6. The van der Waals surface area contributed by atoms with Crippen molar-refractivity contribution in [2.75, 3.05) is 21.1 Å². The molecule has 6 nitrogen and oxygen atoms in total. The van der Waals surface area contributed by atoms with Crippen molar-refractivity contribution < 1.29 is 28.2 Å². The third kappa shape index (κ3) is 8.52. The van der Waals surface area contributed by atoms with E-state index in [1.54, 1.807) is 14.1 Å². The predicted molar refractivity (Wildman–Crippen MR) is 125 cm³/mol. The lowest BCUT2D eigenvalue weighted by Gasteiger charge is -2.42. The van der Waals surface area contributed by atoms with Gasteiger partial charge in [-0.25, -0.2) is 14.1 Å². The summed E-state index contributed by atoms with van der Waals surface area (Å²) in [7, 11) is 1.34. The van der Waals surface area contributed by atoms with E-state index in [2.05, 4.69) is 17.1 Å². The highest BCUT2D eigenvalue weighted by Crippen LogP contribution is 2.58. The van der Waals surface area contributed by atoms with Crippen LogP contribution in [0.5, 0.6) is 0 Å². The number of hydrogen-bond acceptors (Lipinski definition) is 2. The Morgan fingerprint density at radius 3 is 1.48 bits per heavy atom. The average Bonchev–Trinajstić information content (AvgIpc) is 2.84. The van der Waals surface area contributed by atoms with E-state index in [9.17, 15) is 22.8 Å². The summed E-state index contributed by atoms with van der Waals surface area (Å²) in [4.78, 5) is 0. The first-order chi connectivity index (χ1) is 15.6. The monoisotopic (exact) mass is 496 g/mol. The smallest absolute Gasteiger partial charge is 0.419 e. The van der Waals surface area contributed by atoms with Crippen molar-refractivity contribution in [3.8, 4) is 0 Å². The molecule has 3 fully saturated rings. The number of alkyl halides is 3. The topological polar surface area (TPSA) is 75.6 Å². The van der Waals surface area contributed by atoms with Crippen molar-refractivity contribution in [3.05, 3.63) is 0 Å². The molecule has 0 unspecified atom stereocenters. The van der Waals surface area contributed by atoms with E-state index in [-0.39, 0.29) is 12.1 Å². The molecule has 0 aliphatic heterocycles. The number of quaternary nitrogens is 1. The second-order valence-electron chi connectivity index (χ2n) is 9.88. The number of nitrogens with zero attached hydrogens (tertiary/aromatic N) is 3. The summed E-state index contributed by atoms with van der Waals surface area (Å²) in [6.45, 7) is 0. The van der Waals surface area contributed by atoms with Crippen molar-refractivity contribution in [2.45, 2.75) is 121 Å². The molecule has 0 bridgehead atoms. The van der Waals surface area contributed by atoms with Gasteiger partial charge in [0.25, 0.3) is 0 Å². The molecule has 0 atom stereocenters. The Morgan fingerprint density at radius 2 is 1.18 bits per heavy atom.